The summed E-state index contributed by atoms with van der Waals surface area (Å²) in [5, 5.41) is 10.1. The molecule has 0 aliphatic heterocycles. The SMILES string of the molecule is c1ccc2c(c1)ccc1c(-c3cc4c5ccncc5n5c6cnccc6c(c3)c45)cccc12. The van der Waals surface area contributed by atoms with Gasteiger partial charge in [0.05, 0.1) is 28.9 Å². The van der Waals surface area contributed by atoms with Gasteiger partial charge in [-0.25, -0.2) is 0 Å². The zero-order valence-electron chi connectivity index (χ0n) is 17.7. The van der Waals surface area contributed by atoms with E-state index in [1.807, 2.05) is 24.8 Å². The summed E-state index contributed by atoms with van der Waals surface area (Å²) < 4.78 is 2.32. The van der Waals surface area contributed by atoms with Crippen molar-refractivity contribution in [2.75, 3.05) is 0 Å². The van der Waals surface area contributed by atoms with Gasteiger partial charge in [-0.15, -0.1) is 0 Å². The fraction of sp³-hybridized carbons (Fsp3) is 0. The molecule has 0 amide bonds. The van der Waals surface area contributed by atoms with Crippen molar-refractivity contribution in [1.82, 2.24) is 14.4 Å². The van der Waals surface area contributed by atoms with Gasteiger partial charge in [-0.1, -0.05) is 54.6 Å². The second-order valence-electron chi connectivity index (χ2n) is 8.73. The van der Waals surface area contributed by atoms with E-state index in [1.54, 1.807) is 0 Å². The Balaban J connectivity index is 1.56. The van der Waals surface area contributed by atoms with Crippen LogP contribution in [0.3, 0.4) is 0 Å². The largest absolute Gasteiger partial charge is 0.305 e. The molecule has 4 heterocycles. The molecular weight excluding hydrogens is 402 g/mol. The second-order valence-corrected chi connectivity index (χ2v) is 8.73. The number of nitrogens with zero attached hydrogens (tertiary/aromatic N) is 3. The summed E-state index contributed by atoms with van der Waals surface area (Å²) >= 11 is 0. The van der Waals surface area contributed by atoms with Crippen molar-refractivity contribution < 1.29 is 0 Å². The highest BCUT2D eigenvalue weighted by Gasteiger charge is 2.19. The number of fused-ring (bicyclic) bond motifs is 9. The van der Waals surface area contributed by atoms with Crippen molar-refractivity contribution in [2.45, 2.75) is 0 Å². The summed E-state index contributed by atoms with van der Waals surface area (Å²) in [5.41, 5.74) is 5.99. The summed E-state index contributed by atoms with van der Waals surface area (Å²) in [6.45, 7) is 0. The molecule has 0 bridgehead atoms. The fourth-order valence-electron chi connectivity index (χ4n) is 5.69. The second kappa shape index (κ2) is 6.05. The first-order valence-corrected chi connectivity index (χ1v) is 11.2. The van der Waals surface area contributed by atoms with E-state index in [0.717, 1.165) is 11.0 Å². The Hall–Kier alpha value is -4.50. The molecule has 0 atom stereocenters. The van der Waals surface area contributed by atoms with E-state index >= 15 is 0 Å². The summed E-state index contributed by atoms with van der Waals surface area (Å²) in [6, 6.07) is 28.7. The Bertz CT molecular complexity index is 1950. The molecule has 0 unspecified atom stereocenters. The van der Waals surface area contributed by atoms with Gasteiger partial charge in [0, 0.05) is 33.9 Å². The average molecular weight is 419 g/mol. The molecule has 0 aliphatic carbocycles. The lowest BCUT2D eigenvalue weighted by Gasteiger charge is -2.10. The van der Waals surface area contributed by atoms with Crippen LogP contribution in [-0.4, -0.2) is 14.4 Å². The van der Waals surface area contributed by atoms with E-state index in [1.165, 1.54) is 59.7 Å². The molecule has 3 nitrogen and oxygen atoms in total. The fourth-order valence-corrected chi connectivity index (χ4v) is 5.69. The van der Waals surface area contributed by atoms with E-state index in [-0.39, 0.29) is 0 Å². The topological polar surface area (TPSA) is 30.2 Å². The maximum Gasteiger partial charge on any atom is 0.0725 e. The smallest absolute Gasteiger partial charge is 0.0725 e. The van der Waals surface area contributed by atoms with E-state index in [2.05, 4.69) is 93.2 Å². The molecule has 3 heteroatoms. The number of pyridine rings is 2. The van der Waals surface area contributed by atoms with Crippen LogP contribution in [0.1, 0.15) is 0 Å². The molecule has 0 spiro atoms. The summed E-state index contributed by atoms with van der Waals surface area (Å²) in [7, 11) is 0. The molecule has 0 saturated heterocycles. The van der Waals surface area contributed by atoms with Crippen LogP contribution in [0.15, 0.2) is 104 Å². The predicted molar refractivity (Wildman–Crippen MR) is 137 cm³/mol. The normalized spacial score (nSPS) is 12.2. The van der Waals surface area contributed by atoms with Crippen molar-refractivity contribution in [3.8, 4) is 11.1 Å². The maximum atomic E-state index is 4.42. The van der Waals surface area contributed by atoms with Gasteiger partial charge in [-0.3, -0.25) is 9.97 Å². The minimum absolute atomic E-state index is 1.13. The lowest BCUT2D eigenvalue weighted by atomic mass is 9.93. The third-order valence-electron chi connectivity index (χ3n) is 7.09. The van der Waals surface area contributed by atoms with Crippen LogP contribution in [-0.2, 0) is 0 Å². The predicted octanol–water partition coefficient (Wildman–Crippen LogP) is 7.60. The van der Waals surface area contributed by atoms with Crippen LogP contribution >= 0.6 is 0 Å². The number of hydrogen-bond donors (Lipinski definition) is 0. The molecule has 4 aromatic carbocycles. The minimum atomic E-state index is 1.13. The van der Waals surface area contributed by atoms with Gasteiger partial charge in [0.25, 0.3) is 0 Å². The van der Waals surface area contributed by atoms with Crippen molar-refractivity contribution in [2.24, 2.45) is 0 Å². The van der Waals surface area contributed by atoms with E-state index in [4.69, 9.17) is 0 Å². The first-order valence-electron chi connectivity index (χ1n) is 11.2. The molecule has 0 saturated carbocycles. The van der Waals surface area contributed by atoms with Crippen LogP contribution in [0.5, 0.6) is 0 Å². The minimum Gasteiger partial charge on any atom is -0.305 e. The van der Waals surface area contributed by atoms with Crippen molar-refractivity contribution in [3.05, 3.63) is 104 Å². The highest BCUT2D eigenvalue weighted by atomic mass is 14.9. The van der Waals surface area contributed by atoms with Crippen molar-refractivity contribution in [1.29, 1.82) is 0 Å². The number of rotatable bonds is 1. The average Bonchev–Trinajstić information content (AvgIpc) is 3.40. The first kappa shape index (κ1) is 17.1. The highest BCUT2D eigenvalue weighted by Crippen LogP contribution is 2.42. The Morgan fingerprint density at radius 2 is 1.21 bits per heavy atom. The van der Waals surface area contributed by atoms with Crippen LogP contribution < -0.4 is 0 Å². The van der Waals surface area contributed by atoms with E-state index < -0.39 is 0 Å². The molecule has 8 aromatic rings. The summed E-state index contributed by atoms with van der Waals surface area (Å²) in [6.07, 6.45) is 7.69. The molecular formula is C30H17N3. The Kier molecular flexibility index (Phi) is 3.14. The first-order chi connectivity index (χ1) is 16.4. The molecule has 8 rings (SSSR count). The van der Waals surface area contributed by atoms with Gasteiger partial charge >= 0.3 is 0 Å². The van der Waals surface area contributed by atoms with Crippen LogP contribution in [0, 0.1) is 0 Å². The molecule has 0 N–H and O–H groups in total. The standard InChI is InChI=1S/C30H17N3/c1-2-5-20-18(4-1)8-9-23-21(6-3-7-22(20)23)19-14-26-24-10-12-31-16-28(24)33-29-17-32-13-11-25(29)27(15-19)30(26)33/h1-17H. The Morgan fingerprint density at radius 3 is 1.97 bits per heavy atom. The van der Waals surface area contributed by atoms with Gasteiger partial charge in [0.2, 0.25) is 0 Å². The highest BCUT2D eigenvalue weighted by molar-refractivity contribution is 6.25. The third kappa shape index (κ3) is 2.14. The summed E-state index contributed by atoms with van der Waals surface area (Å²) in [4.78, 5) is 8.84. The monoisotopic (exact) mass is 419 g/mol. The van der Waals surface area contributed by atoms with Gasteiger partial charge in [0.15, 0.2) is 0 Å². The Morgan fingerprint density at radius 1 is 0.515 bits per heavy atom. The Labute approximate surface area is 188 Å². The molecule has 0 aliphatic rings. The maximum absolute atomic E-state index is 4.42. The van der Waals surface area contributed by atoms with E-state index in [9.17, 15) is 0 Å². The van der Waals surface area contributed by atoms with Crippen LogP contribution in [0.4, 0.5) is 0 Å². The van der Waals surface area contributed by atoms with Gasteiger partial charge in [-0.05, 0) is 56.9 Å². The lowest BCUT2D eigenvalue weighted by Crippen LogP contribution is -1.84. The summed E-state index contributed by atoms with van der Waals surface area (Å²) in [5.74, 6) is 0. The number of aromatic nitrogens is 3. The zero-order valence-corrected chi connectivity index (χ0v) is 17.7. The number of hydrogen-bond acceptors (Lipinski definition) is 2. The molecule has 152 valence electrons. The zero-order chi connectivity index (χ0) is 21.5. The van der Waals surface area contributed by atoms with Crippen LogP contribution in [0.25, 0.3) is 70.8 Å². The van der Waals surface area contributed by atoms with Crippen LogP contribution in [0.2, 0.25) is 0 Å². The third-order valence-corrected chi connectivity index (χ3v) is 7.09. The molecule has 0 radical (unpaired) electrons. The molecule has 0 fully saturated rings. The van der Waals surface area contributed by atoms with Gasteiger partial charge in [0.1, 0.15) is 0 Å². The lowest BCUT2D eigenvalue weighted by molar-refractivity contribution is 1.27. The quantitative estimate of drug-likeness (QED) is 0.256. The molecule has 33 heavy (non-hydrogen) atoms. The van der Waals surface area contributed by atoms with E-state index in [0.29, 0.717) is 0 Å². The van der Waals surface area contributed by atoms with Crippen molar-refractivity contribution >= 4 is 59.6 Å². The number of benzene rings is 4. The molecule has 4 aromatic heterocycles. The van der Waals surface area contributed by atoms with Crippen molar-refractivity contribution in [3.63, 3.8) is 0 Å². The van der Waals surface area contributed by atoms with Gasteiger partial charge < -0.3 is 4.40 Å². The van der Waals surface area contributed by atoms with Gasteiger partial charge in [-0.2, -0.15) is 0 Å².